The molecule has 7 heteroatoms. The van der Waals surface area contributed by atoms with Gasteiger partial charge in [0, 0.05) is 18.1 Å². The zero-order valence-corrected chi connectivity index (χ0v) is 33.1. The summed E-state index contributed by atoms with van der Waals surface area (Å²) in [6.45, 7) is 3.06. The first-order chi connectivity index (χ1) is 28.2. The van der Waals surface area contributed by atoms with E-state index >= 15 is 0 Å². The van der Waals surface area contributed by atoms with Crippen LogP contribution in [0.3, 0.4) is 0 Å². The second-order valence-corrected chi connectivity index (χ2v) is 15.8. The molecule has 0 unspecified atom stereocenters. The van der Waals surface area contributed by atoms with E-state index in [1.807, 2.05) is 48.2 Å². The molecule has 1 aliphatic rings. The molecule has 290 valence electrons. The highest BCUT2D eigenvalue weighted by Crippen LogP contribution is 2.47. The molecule has 0 N–H and O–H groups in total. The minimum atomic E-state index is -0.404. The number of thioether (sulfide) groups is 1. The topological polar surface area (TPSA) is 51.1 Å². The lowest BCUT2D eigenvalue weighted by atomic mass is 9.95. The van der Waals surface area contributed by atoms with Crippen LogP contribution in [-0.4, -0.2) is 41.8 Å². The largest absolute Gasteiger partial charge is 0.496 e. The number of aromatic nitrogens is 1. The summed E-state index contributed by atoms with van der Waals surface area (Å²) in [7, 11) is 1.72. The van der Waals surface area contributed by atoms with Crippen LogP contribution >= 0.6 is 11.8 Å². The van der Waals surface area contributed by atoms with E-state index < -0.39 is 6.10 Å². The van der Waals surface area contributed by atoms with Gasteiger partial charge in [-0.3, -0.25) is 0 Å². The van der Waals surface area contributed by atoms with Gasteiger partial charge in [0.2, 0.25) is 0 Å². The number of nitrogens with zero attached hydrogens (tertiary/aromatic N) is 1. The molecule has 5 atom stereocenters. The average molecular weight is 776 g/mol. The Hall–Kier alpha value is -5.15. The molecule has 7 aromatic rings. The summed E-state index contributed by atoms with van der Waals surface area (Å²) >= 11 is 1.88. The Balaban J connectivity index is 1.15. The van der Waals surface area contributed by atoms with Gasteiger partial charge in [0.15, 0.2) is 0 Å². The van der Waals surface area contributed by atoms with Crippen molar-refractivity contribution < 1.29 is 23.7 Å². The lowest BCUT2D eigenvalue weighted by Gasteiger charge is -2.46. The minimum absolute atomic E-state index is 0.0516. The third-order valence-electron chi connectivity index (χ3n) is 10.5. The molecule has 2 heterocycles. The fraction of sp³-hybridized carbons (Fsp3) is 0.240. The van der Waals surface area contributed by atoms with E-state index in [9.17, 15) is 0 Å². The van der Waals surface area contributed by atoms with Crippen molar-refractivity contribution in [2.75, 3.05) is 13.7 Å². The number of hydrogen-bond acceptors (Lipinski definition) is 6. The van der Waals surface area contributed by atoms with Crippen LogP contribution in [0.5, 0.6) is 5.75 Å². The average Bonchev–Trinajstić information content (AvgIpc) is 3.68. The van der Waals surface area contributed by atoms with E-state index in [2.05, 4.69) is 144 Å². The second kappa shape index (κ2) is 19.3. The number of methoxy groups -OCH3 is 1. The summed E-state index contributed by atoms with van der Waals surface area (Å²) in [5.41, 5.74) is 8.00. The molecule has 1 fully saturated rings. The predicted octanol–water partition coefficient (Wildman–Crippen LogP) is 10.8. The zero-order chi connectivity index (χ0) is 38.7. The third kappa shape index (κ3) is 9.88. The fourth-order valence-corrected chi connectivity index (χ4v) is 9.27. The van der Waals surface area contributed by atoms with Crippen LogP contribution in [0.1, 0.15) is 38.6 Å². The molecule has 0 spiro atoms. The van der Waals surface area contributed by atoms with Gasteiger partial charge < -0.3 is 28.3 Å². The van der Waals surface area contributed by atoms with Gasteiger partial charge in [-0.2, -0.15) is 0 Å². The molecule has 0 amide bonds. The van der Waals surface area contributed by atoms with Crippen molar-refractivity contribution in [1.82, 2.24) is 4.57 Å². The van der Waals surface area contributed by atoms with Gasteiger partial charge in [-0.05, 0) is 51.6 Å². The number of ether oxygens (including phenoxy) is 5. The summed E-state index contributed by atoms with van der Waals surface area (Å²) < 4.78 is 35.6. The predicted molar refractivity (Wildman–Crippen MR) is 229 cm³/mol. The molecular weight excluding hydrogens is 727 g/mol. The van der Waals surface area contributed by atoms with Crippen molar-refractivity contribution in [1.29, 1.82) is 0 Å². The van der Waals surface area contributed by atoms with Crippen molar-refractivity contribution in [2.24, 2.45) is 0 Å². The number of hydrogen-bond donors (Lipinski definition) is 0. The maximum absolute atomic E-state index is 7.08. The summed E-state index contributed by atoms with van der Waals surface area (Å²) in [4.78, 5) is 0. The quantitative estimate of drug-likeness (QED) is 0.0918. The zero-order valence-electron chi connectivity index (χ0n) is 32.3. The number of fused-ring (bicyclic) bond motifs is 1. The first-order valence-corrected chi connectivity index (χ1v) is 20.6. The van der Waals surface area contributed by atoms with Crippen LogP contribution in [0.2, 0.25) is 0 Å². The molecule has 6 aromatic carbocycles. The van der Waals surface area contributed by atoms with Crippen LogP contribution in [0.25, 0.3) is 10.9 Å². The highest BCUT2D eigenvalue weighted by atomic mass is 32.2. The number of rotatable bonds is 17. The monoisotopic (exact) mass is 775 g/mol. The maximum atomic E-state index is 7.08. The second-order valence-electron chi connectivity index (χ2n) is 14.5. The van der Waals surface area contributed by atoms with Gasteiger partial charge in [0.1, 0.15) is 24.1 Å². The standard InChI is InChI=1S/C50H49NO5S/c1-52-45-27-15-26-44-43(45)28-29-51(44)31-41-24-14-25-42(30-41)50-49(56-35-40-22-12-5-13-23-40)48(55-34-39-20-10-4-11-21-39)47(54-33-38-18-8-3-9-19-38)46(57-50)36-53-32-37-16-6-2-7-17-37/h2-30,46-50H,31-36H2,1H3/t46-,47-,48+,49-,50+/m1/s1. The van der Waals surface area contributed by atoms with E-state index in [0.717, 1.165) is 45.5 Å². The Bertz CT molecular complexity index is 2270. The molecule has 8 rings (SSSR count). The molecule has 1 aliphatic heterocycles. The van der Waals surface area contributed by atoms with E-state index in [-0.39, 0.29) is 22.7 Å². The van der Waals surface area contributed by atoms with Crippen LogP contribution < -0.4 is 4.74 Å². The molecular formula is C50H49NO5S. The minimum Gasteiger partial charge on any atom is -0.496 e. The Morgan fingerprint density at radius 3 is 1.63 bits per heavy atom. The fourth-order valence-electron chi connectivity index (χ4n) is 7.63. The summed E-state index contributed by atoms with van der Waals surface area (Å²) in [6.07, 6.45) is 1.08. The molecule has 0 saturated carbocycles. The lowest BCUT2D eigenvalue weighted by molar-refractivity contribution is -0.160. The molecule has 1 saturated heterocycles. The van der Waals surface area contributed by atoms with Gasteiger partial charge in [-0.25, -0.2) is 0 Å². The van der Waals surface area contributed by atoms with Gasteiger partial charge in [0.25, 0.3) is 0 Å². The Morgan fingerprint density at radius 2 is 1.04 bits per heavy atom. The Kier molecular flexibility index (Phi) is 13.1. The Labute approximate surface area is 340 Å². The summed E-state index contributed by atoms with van der Waals surface area (Å²) in [5.74, 6) is 0.878. The molecule has 6 nitrogen and oxygen atoms in total. The van der Waals surface area contributed by atoms with Crippen LogP contribution in [0.15, 0.2) is 176 Å². The smallest absolute Gasteiger partial charge is 0.128 e. The van der Waals surface area contributed by atoms with Crippen LogP contribution in [0, 0.1) is 0 Å². The number of benzene rings is 6. The van der Waals surface area contributed by atoms with Gasteiger partial charge in [0.05, 0.1) is 56.2 Å². The SMILES string of the molecule is COc1cccc2c1ccn2Cc1cccc([C@@H]2S[C@H](COCc3ccccc3)[C@@H](OCc3ccccc3)[C@H](OCc3ccccc3)[C@H]2OCc2ccccc2)c1. The highest BCUT2D eigenvalue weighted by Gasteiger charge is 2.48. The first kappa shape index (κ1) is 38.7. The molecule has 1 aromatic heterocycles. The molecule has 0 radical (unpaired) electrons. The van der Waals surface area contributed by atoms with Crippen molar-refractivity contribution in [3.63, 3.8) is 0 Å². The van der Waals surface area contributed by atoms with E-state index in [0.29, 0.717) is 33.0 Å². The van der Waals surface area contributed by atoms with Crippen LogP contribution in [0.4, 0.5) is 0 Å². The van der Waals surface area contributed by atoms with Crippen molar-refractivity contribution in [3.8, 4) is 5.75 Å². The van der Waals surface area contributed by atoms with Gasteiger partial charge in [-0.15, -0.1) is 11.8 Å². The molecule has 0 aliphatic carbocycles. The van der Waals surface area contributed by atoms with Gasteiger partial charge in [-0.1, -0.05) is 152 Å². The summed E-state index contributed by atoms with van der Waals surface area (Å²) in [5, 5.41) is 0.980. The van der Waals surface area contributed by atoms with E-state index in [1.165, 1.54) is 11.1 Å². The van der Waals surface area contributed by atoms with Crippen LogP contribution in [-0.2, 0) is 51.9 Å². The van der Waals surface area contributed by atoms with E-state index in [1.54, 1.807) is 7.11 Å². The summed E-state index contributed by atoms with van der Waals surface area (Å²) in [6, 6.07) is 58.8. The lowest BCUT2D eigenvalue weighted by Crippen LogP contribution is -2.54. The normalized spacial score (nSPS) is 19.4. The Morgan fingerprint density at radius 1 is 0.509 bits per heavy atom. The van der Waals surface area contributed by atoms with Crippen molar-refractivity contribution >= 4 is 22.7 Å². The maximum Gasteiger partial charge on any atom is 0.128 e. The highest BCUT2D eigenvalue weighted by molar-refractivity contribution is 8.00. The van der Waals surface area contributed by atoms with Gasteiger partial charge >= 0.3 is 0 Å². The van der Waals surface area contributed by atoms with Crippen molar-refractivity contribution in [2.45, 2.75) is 61.8 Å². The molecule has 57 heavy (non-hydrogen) atoms. The van der Waals surface area contributed by atoms with E-state index in [4.69, 9.17) is 23.7 Å². The first-order valence-electron chi connectivity index (χ1n) is 19.7. The molecule has 0 bridgehead atoms. The van der Waals surface area contributed by atoms with Crippen molar-refractivity contribution in [3.05, 3.63) is 209 Å². The third-order valence-corrected chi connectivity index (χ3v) is 12.1.